The number of nitrogens with one attached hydrogen (secondary N) is 1. The smallest absolute Gasteiger partial charge is 0.0292 e. The van der Waals surface area contributed by atoms with Gasteiger partial charge < -0.3 is 5.32 Å². The van der Waals surface area contributed by atoms with Crippen molar-refractivity contribution in [3.05, 3.63) is 34.3 Å². The summed E-state index contributed by atoms with van der Waals surface area (Å²) in [6.07, 6.45) is 2.58. The number of hydrogen-bond donors (Lipinski definition) is 1. The van der Waals surface area contributed by atoms with Gasteiger partial charge in [0, 0.05) is 10.5 Å². The summed E-state index contributed by atoms with van der Waals surface area (Å²) in [6.45, 7) is 7.88. The summed E-state index contributed by atoms with van der Waals surface area (Å²) in [5, 5.41) is 3.59. The lowest BCUT2D eigenvalue weighted by Gasteiger charge is -2.18. The zero-order chi connectivity index (χ0) is 12.0. The molecule has 1 rings (SSSR count). The Bertz CT molecular complexity index is 311. The zero-order valence-corrected chi connectivity index (χ0v) is 12.0. The standard InChI is InChI=1S/C14H22BrN/c1-4-6-11(2)10-16-12(3)13-7-5-8-14(15)9-13/h5,7-9,11-12,16H,4,6,10H2,1-3H3/t11?,12-/m0/s1. The molecule has 16 heavy (non-hydrogen) atoms. The Morgan fingerprint density at radius 3 is 2.69 bits per heavy atom. The molecule has 1 N–H and O–H groups in total. The van der Waals surface area contributed by atoms with Gasteiger partial charge in [0.1, 0.15) is 0 Å². The molecule has 0 aliphatic heterocycles. The molecule has 1 aromatic rings. The minimum atomic E-state index is 0.428. The highest BCUT2D eigenvalue weighted by Crippen LogP contribution is 2.18. The summed E-state index contributed by atoms with van der Waals surface area (Å²) < 4.78 is 1.15. The van der Waals surface area contributed by atoms with Gasteiger partial charge in [-0.05, 0) is 43.5 Å². The van der Waals surface area contributed by atoms with Crippen LogP contribution < -0.4 is 5.32 Å². The summed E-state index contributed by atoms with van der Waals surface area (Å²) in [5.41, 5.74) is 1.35. The van der Waals surface area contributed by atoms with Crippen LogP contribution in [0, 0.1) is 5.92 Å². The third-order valence-corrected chi connectivity index (χ3v) is 3.40. The van der Waals surface area contributed by atoms with Crippen LogP contribution in [-0.2, 0) is 0 Å². The molecule has 90 valence electrons. The maximum atomic E-state index is 3.59. The number of hydrogen-bond acceptors (Lipinski definition) is 1. The first kappa shape index (κ1) is 13.7. The second-order valence-electron chi connectivity index (χ2n) is 4.58. The lowest BCUT2D eigenvalue weighted by Crippen LogP contribution is -2.24. The minimum Gasteiger partial charge on any atom is -0.310 e. The van der Waals surface area contributed by atoms with Crippen molar-refractivity contribution in [1.82, 2.24) is 5.32 Å². The number of benzene rings is 1. The Morgan fingerprint density at radius 2 is 2.06 bits per heavy atom. The van der Waals surface area contributed by atoms with Crippen LogP contribution in [0.1, 0.15) is 45.2 Å². The zero-order valence-electron chi connectivity index (χ0n) is 10.5. The van der Waals surface area contributed by atoms with E-state index in [0.29, 0.717) is 6.04 Å². The molecule has 2 heteroatoms. The monoisotopic (exact) mass is 283 g/mol. The van der Waals surface area contributed by atoms with Gasteiger partial charge in [0.15, 0.2) is 0 Å². The van der Waals surface area contributed by atoms with E-state index in [-0.39, 0.29) is 0 Å². The first-order chi connectivity index (χ1) is 7.63. The molecule has 0 fully saturated rings. The fraction of sp³-hybridized carbons (Fsp3) is 0.571. The van der Waals surface area contributed by atoms with E-state index in [0.717, 1.165) is 16.9 Å². The van der Waals surface area contributed by atoms with Crippen molar-refractivity contribution in [3.8, 4) is 0 Å². The highest BCUT2D eigenvalue weighted by Gasteiger charge is 2.07. The van der Waals surface area contributed by atoms with Gasteiger partial charge in [0.05, 0.1) is 0 Å². The topological polar surface area (TPSA) is 12.0 Å². The molecular formula is C14H22BrN. The van der Waals surface area contributed by atoms with E-state index in [1.165, 1.54) is 18.4 Å². The largest absolute Gasteiger partial charge is 0.310 e. The fourth-order valence-corrected chi connectivity index (χ4v) is 2.28. The summed E-state index contributed by atoms with van der Waals surface area (Å²) in [7, 11) is 0. The van der Waals surface area contributed by atoms with Crippen LogP contribution in [0.4, 0.5) is 0 Å². The molecule has 1 aromatic carbocycles. The first-order valence-electron chi connectivity index (χ1n) is 6.12. The van der Waals surface area contributed by atoms with Crippen LogP contribution in [0.3, 0.4) is 0 Å². The van der Waals surface area contributed by atoms with E-state index < -0.39 is 0 Å². The Labute approximate surface area is 108 Å². The molecule has 0 aliphatic carbocycles. The van der Waals surface area contributed by atoms with Gasteiger partial charge in [-0.15, -0.1) is 0 Å². The molecule has 1 nitrogen and oxygen atoms in total. The van der Waals surface area contributed by atoms with Gasteiger partial charge in [-0.1, -0.05) is 48.3 Å². The van der Waals surface area contributed by atoms with Crippen molar-refractivity contribution in [2.45, 2.75) is 39.7 Å². The second kappa shape index (κ2) is 7.08. The molecule has 0 radical (unpaired) electrons. The summed E-state index contributed by atoms with van der Waals surface area (Å²) in [5.74, 6) is 0.764. The predicted molar refractivity (Wildman–Crippen MR) is 74.6 cm³/mol. The Hall–Kier alpha value is -0.340. The molecular weight excluding hydrogens is 262 g/mol. The molecule has 0 bridgehead atoms. The molecule has 0 aromatic heterocycles. The van der Waals surface area contributed by atoms with E-state index in [9.17, 15) is 0 Å². The van der Waals surface area contributed by atoms with Crippen molar-refractivity contribution >= 4 is 15.9 Å². The Morgan fingerprint density at radius 1 is 1.31 bits per heavy atom. The average molecular weight is 284 g/mol. The van der Waals surface area contributed by atoms with Crippen molar-refractivity contribution in [1.29, 1.82) is 0 Å². The normalized spacial score (nSPS) is 14.8. The first-order valence-corrected chi connectivity index (χ1v) is 6.91. The van der Waals surface area contributed by atoms with Crippen LogP contribution in [0.5, 0.6) is 0 Å². The Kier molecular flexibility index (Phi) is 6.07. The quantitative estimate of drug-likeness (QED) is 0.809. The van der Waals surface area contributed by atoms with Crippen LogP contribution in [-0.4, -0.2) is 6.54 Å². The van der Waals surface area contributed by atoms with Crippen molar-refractivity contribution < 1.29 is 0 Å². The van der Waals surface area contributed by atoms with Gasteiger partial charge in [-0.25, -0.2) is 0 Å². The molecule has 1 unspecified atom stereocenters. The van der Waals surface area contributed by atoms with Gasteiger partial charge in [-0.3, -0.25) is 0 Å². The molecule has 0 aliphatic rings. The minimum absolute atomic E-state index is 0.428. The number of halogens is 1. The molecule has 0 saturated carbocycles. The molecule has 0 heterocycles. The SMILES string of the molecule is CCCC(C)CN[C@@H](C)c1cccc(Br)c1. The summed E-state index contributed by atoms with van der Waals surface area (Å²) >= 11 is 3.51. The van der Waals surface area contributed by atoms with Crippen LogP contribution >= 0.6 is 15.9 Å². The van der Waals surface area contributed by atoms with Gasteiger partial charge in [0.2, 0.25) is 0 Å². The lowest BCUT2D eigenvalue weighted by molar-refractivity contribution is 0.444. The van der Waals surface area contributed by atoms with Crippen LogP contribution in [0.2, 0.25) is 0 Å². The molecule has 2 atom stereocenters. The van der Waals surface area contributed by atoms with Crippen LogP contribution in [0.15, 0.2) is 28.7 Å². The van der Waals surface area contributed by atoms with Crippen LogP contribution in [0.25, 0.3) is 0 Å². The van der Waals surface area contributed by atoms with E-state index in [1.54, 1.807) is 0 Å². The summed E-state index contributed by atoms with van der Waals surface area (Å²) in [6, 6.07) is 8.94. The molecule has 0 saturated heterocycles. The third-order valence-electron chi connectivity index (χ3n) is 2.90. The van der Waals surface area contributed by atoms with Gasteiger partial charge in [-0.2, -0.15) is 0 Å². The highest BCUT2D eigenvalue weighted by atomic mass is 79.9. The maximum Gasteiger partial charge on any atom is 0.0292 e. The highest BCUT2D eigenvalue weighted by molar-refractivity contribution is 9.10. The van der Waals surface area contributed by atoms with Crippen molar-refractivity contribution in [2.75, 3.05) is 6.54 Å². The van der Waals surface area contributed by atoms with Crippen molar-refractivity contribution in [2.24, 2.45) is 5.92 Å². The van der Waals surface area contributed by atoms with Crippen molar-refractivity contribution in [3.63, 3.8) is 0 Å². The fourth-order valence-electron chi connectivity index (χ4n) is 1.87. The van der Waals surface area contributed by atoms with Gasteiger partial charge >= 0.3 is 0 Å². The molecule has 0 spiro atoms. The molecule has 0 amide bonds. The van der Waals surface area contributed by atoms with Gasteiger partial charge in [0.25, 0.3) is 0 Å². The summed E-state index contributed by atoms with van der Waals surface area (Å²) in [4.78, 5) is 0. The van der Waals surface area contributed by atoms with E-state index in [2.05, 4.69) is 66.3 Å². The second-order valence-corrected chi connectivity index (χ2v) is 5.49. The van der Waals surface area contributed by atoms with E-state index in [4.69, 9.17) is 0 Å². The third kappa shape index (κ3) is 4.67. The Balaban J connectivity index is 2.43. The van der Waals surface area contributed by atoms with E-state index in [1.807, 2.05) is 0 Å². The maximum absolute atomic E-state index is 3.59. The predicted octanol–water partition coefficient (Wildman–Crippen LogP) is 4.54. The average Bonchev–Trinajstić information content (AvgIpc) is 2.26. The lowest BCUT2D eigenvalue weighted by atomic mass is 10.0. The number of rotatable bonds is 6. The van der Waals surface area contributed by atoms with E-state index >= 15 is 0 Å².